The number of amides is 1. The fourth-order valence-electron chi connectivity index (χ4n) is 2.80. The third-order valence-corrected chi connectivity index (χ3v) is 4.21. The Kier molecular flexibility index (Phi) is 3.93. The van der Waals surface area contributed by atoms with Gasteiger partial charge in [0, 0.05) is 17.4 Å². The number of hydrogen-bond acceptors (Lipinski definition) is 4. The average molecular weight is 343 g/mol. The first-order valence-electron chi connectivity index (χ1n) is 8.27. The molecule has 6 heteroatoms. The number of rotatable bonds is 3. The van der Waals surface area contributed by atoms with Gasteiger partial charge in [-0.05, 0) is 61.9 Å². The molecule has 0 atom stereocenters. The van der Waals surface area contributed by atoms with Crippen LogP contribution in [0.15, 0.2) is 60.8 Å². The molecule has 0 saturated carbocycles. The Morgan fingerprint density at radius 3 is 2.62 bits per heavy atom. The monoisotopic (exact) mass is 343 g/mol. The van der Waals surface area contributed by atoms with Crippen molar-refractivity contribution in [3.05, 3.63) is 77.5 Å². The van der Waals surface area contributed by atoms with Crippen LogP contribution in [0.5, 0.6) is 0 Å². The van der Waals surface area contributed by atoms with Gasteiger partial charge in [0.25, 0.3) is 5.91 Å². The summed E-state index contributed by atoms with van der Waals surface area (Å²) in [4.78, 5) is 16.8. The highest BCUT2D eigenvalue weighted by atomic mass is 16.1. The highest BCUT2D eigenvalue weighted by molar-refractivity contribution is 6.04. The molecule has 2 aromatic carbocycles. The number of aryl methyl sites for hydroxylation is 2. The first kappa shape index (κ1) is 16.0. The molecule has 0 saturated heterocycles. The summed E-state index contributed by atoms with van der Waals surface area (Å²) in [6.45, 7) is 3.95. The zero-order valence-corrected chi connectivity index (χ0v) is 14.5. The molecule has 26 heavy (non-hydrogen) atoms. The normalized spacial score (nSPS) is 10.8. The van der Waals surface area contributed by atoms with E-state index in [4.69, 9.17) is 0 Å². The number of benzene rings is 2. The fourth-order valence-corrected chi connectivity index (χ4v) is 2.80. The molecule has 0 aliphatic heterocycles. The van der Waals surface area contributed by atoms with Crippen LogP contribution in [0.1, 0.15) is 21.5 Å². The Bertz CT molecular complexity index is 1100. The molecule has 0 unspecified atom stereocenters. The van der Waals surface area contributed by atoms with E-state index in [0.29, 0.717) is 11.2 Å². The minimum absolute atomic E-state index is 0.148. The van der Waals surface area contributed by atoms with Crippen LogP contribution in [0, 0.1) is 13.8 Å². The van der Waals surface area contributed by atoms with E-state index < -0.39 is 0 Å². The van der Waals surface area contributed by atoms with E-state index in [9.17, 15) is 4.79 Å². The summed E-state index contributed by atoms with van der Waals surface area (Å²) >= 11 is 0. The molecular formula is C20H17N5O. The first-order valence-corrected chi connectivity index (χ1v) is 8.27. The maximum absolute atomic E-state index is 12.5. The second kappa shape index (κ2) is 6.40. The van der Waals surface area contributed by atoms with Crippen molar-refractivity contribution in [1.29, 1.82) is 0 Å². The second-order valence-electron chi connectivity index (χ2n) is 6.17. The Balaban J connectivity index is 1.63. The van der Waals surface area contributed by atoms with Gasteiger partial charge in [-0.15, -0.1) is 5.10 Å². The van der Waals surface area contributed by atoms with Crippen LogP contribution < -0.4 is 5.32 Å². The molecular weight excluding hydrogens is 326 g/mol. The van der Waals surface area contributed by atoms with Crippen molar-refractivity contribution in [1.82, 2.24) is 20.0 Å². The molecule has 0 aliphatic rings. The number of anilines is 1. The van der Waals surface area contributed by atoms with E-state index in [1.807, 2.05) is 62.4 Å². The molecule has 0 fully saturated rings. The number of nitrogens with zero attached hydrogens (tertiary/aromatic N) is 4. The van der Waals surface area contributed by atoms with Gasteiger partial charge >= 0.3 is 0 Å². The standard InChI is InChI=1S/C20H17N5O/c1-13-5-8-16(9-6-13)22-20(26)15-7-10-18(14(2)12-15)25-19-17(23-24-25)4-3-11-21-19/h3-12H,1-2H3,(H,22,26). The lowest BCUT2D eigenvalue weighted by atomic mass is 10.1. The number of nitrogens with one attached hydrogen (secondary N) is 1. The van der Waals surface area contributed by atoms with Gasteiger partial charge in [0.1, 0.15) is 5.52 Å². The minimum atomic E-state index is -0.148. The van der Waals surface area contributed by atoms with Crippen molar-refractivity contribution in [2.24, 2.45) is 0 Å². The second-order valence-corrected chi connectivity index (χ2v) is 6.17. The smallest absolute Gasteiger partial charge is 0.255 e. The zero-order chi connectivity index (χ0) is 18.1. The molecule has 1 N–H and O–H groups in total. The van der Waals surface area contributed by atoms with E-state index in [2.05, 4.69) is 20.6 Å². The SMILES string of the molecule is Cc1ccc(NC(=O)c2ccc(-n3nnc4cccnc43)c(C)c2)cc1. The molecule has 0 aliphatic carbocycles. The van der Waals surface area contributed by atoms with E-state index in [1.165, 1.54) is 0 Å². The number of pyridine rings is 1. The van der Waals surface area contributed by atoms with Gasteiger partial charge in [-0.25, -0.2) is 4.98 Å². The van der Waals surface area contributed by atoms with E-state index in [0.717, 1.165) is 28.0 Å². The van der Waals surface area contributed by atoms with E-state index in [-0.39, 0.29) is 5.91 Å². The Morgan fingerprint density at radius 2 is 1.85 bits per heavy atom. The van der Waals surface area contributed by atoms with Gasteiger partial charge in [-0.1, -0.05) is 22.9 Å². The number of hydrogen-bond donors (Lipinski definition) is 1. The van der Waals surface area contributed by atoms with Crippen LogP contribution in [0.2, 0.25) is 0 Å². The first-order chi connectivity index (χ1) is 12.6. The topological polar surface area (TPSA) is 72.7 Å². The van der Waals surface area contributed by atoms with Crippen molar-refractivity contribution < 1.29 is 4.79 Å². The largest absolute Gasteiger partial charge is 0.322 e. The number of carbonyl (C=O) groups excluding carboxylic acids is 1. The maximum Gasteiger partial charge on any atom is 0.255 e. The van der Waals surface area contributed by atoms with Crippen LogP contribution in [-0.4, -0.2) is 25.9 Å². The molecule has 0 spiro atoms. The fraction of sp³-hybridized carbons (Fsp3) is 0.100. The van der Waals surface area contributed by atoms with E-state index >= 15 is 0 Å². The summed E-state index contributed by atoms with van der Waals surface area (Å²) in [7, 11) is 0. The summed E-state index contributed by atoms with van der Waals surface area (Å²) in [5, 5.41) is 11.2. The molecule has 0 radical (unpaired) electrons. The summed E-state index contributed by atoms with van der Waals surface area (Å²) in [5.74, 6) is -0.148. The lowest BCUT2D eigenvalue weighted by Crippen LogP contribution is -2.12. The molecule has 128 valence electrons. The minimum Gasteiger partial charge on any atom is -0.322 e. The summed E-state index contributed by atoms with van der Waals surface area (Å²) in [5.41, 5.74) is 5.69. The number of aromatic nitrogens is 4. The lowest BCUT2D eigenvalue weighted by Gasteiger charge is -2.09. The van der Waals surface area contributed by atoms with Crippen LogP contribution in [0.3, 0.4) is 0 Å². The van der Waals surface area contributed by atoms with Crippen molar-refractivity contribution in [3.8, 4) is 5.69 Å². The molecule has 1 amide bonds. The van der Waals surface area contributed by atoms with Crippen LogP contribution >= 0.6 is 0 Å². The average Bonchev–Trinajstić information content (AvgIpc) is 3.07. The molecule has 0 bridgehead atoms. The maximum atomic E-state index is 12.5. The van der Waals surface area contributed by atoms with Crippen molar-refractivity contribution in [3.63, 3.8) is 0 Å². The highest BCUT2D eigenvalue weighted by Gasteiger charge is 2.12. The molecule has 4 rings (SSSR count). The van der Waals surface area contributed by atoms with Crippen LogP contribution in [0.4, 0.5) is 5.69 Å². The van der Waals surface area contributed by atoms with Crippen molar-refractivity contribution >= 4 is 22.8 Å². The van der Waals surface area contributed by atoms with Crippen molar-refractivity contribution in [2.75, 3.05) is 5.32 Å². The van der Waals surface area contributed by atoms with Gasteiger partial charge in [-0.3, -0.25) is 4.79 Å². The van der Waals surface area contributed by atoms with E-state index in [1.54, 1.807) is 16.9 Å². The molecule has 2 aromatic heterocycles. The lowest BCUT2D eigenvalue weighted by molar-refractivity contribution is 0.102. The Morgan fingerprint density at radius 1 is 1.04 bits per heavy atom. The number of carbonyl (C=O) groups is 1. The Labute approximate surface area is 150 Å². The number of fused-ring (bicyclic) bond motifs is 1. The van der Waals surface area contributed by atoms with Gasteiger partial charge < -0.3 is 5.32 Å². The molecule has 4 aromatic rings. The molecule has 2 heterocycles. The predicted molar refractivity (Wildman–Crippen MR) is 101 cm³/mol. The summed E-state index contributed by atoms with van der Waals surface area (Å²) < 4.78 is 1.69. The van der Waals surface area contributed by atoms with Crippen LogP contribution in [0.25, 0.3) is 16.9 Å². The quantitative estimate of drug-likeness (QED) is 0.616. The van der Waals surface area contributed by atoms with Gasteiger partial charge in [0.2, 0.25) is 0 Å². The van der Waals surface area contributed by atoms with Gasteiger partial charge in [0.15, 0.2) is 5.65 Å². The van der Waals surface area contributed by atoms with Crippen LogP contribution in [-0.2, 0) is 0 Å². The highest BCUT2D eigenvalue weighted by Crippen LogP contribution is 2.20. The van der Waals surface area contributed by atoms with Gasteiger partial charge in [0.05, 0.1) is 5.69 Å². The third kappa shape index (κ3) is 2.93. The summed E-state index contributed by atoms with van der Waals surface area (Å²) in [6.07, 6.45) is 1.71. The molecule has 6 nitrogen and oxygen atoms in total. The third-order valence-electron chi connectivity index (χ3n) is 4.21. The predicted octanol–water partition coefficient (Wildman–Crippen LogP) is 3.68. The Hall–Kier alpha value is -3.54. The van der Waals surface area contributed by atoms with Crippen molar-refractivity contribution in [2.45, 2.75) is 13.8 Å². The van der Waals surface area contributed by atoms with Gasteiger partial charge in [-0.2, -0.15) is 4.68 Å². The zero-order valence-electron chi connectivity index (χ0n) is 14.5. The summed E-state index contributed by atoms with van der Waals surface area (Å²) in [6, 6.07) is 16.9.